The highest BCUT2D eigenvalue weighted by molar-refractivity contribution is 5.86. The highest BCUT2D eigenvalue weighted by Crippen LogP contribution is 2.49. The molecule has 0 amide bonds. The first-order valence-electron chi connectivity index (χ1n) is 6.28. The Morgan fingerprint density at radius 3 is 2.60 bits per heavy atom. The molecule has 15 heavy (non-hydrogen) atoms. The Morgan fingerprint density at radius 2 is 2.13 bits per heavy atom. The Labute approximate surface area is 92.1 Å². The molecule has 2 aliphatic rings. The van der Waals surface area contributed by atoms with E-state index in [9.17, 15) is 9.90 Å². The molecule has 4 atom stereocenters. The van der Waals surface area contributed by atoms with Gasteiger partial charge in [-0.2, -0.15) is 0 Å². The zero-order chi connectivity index (χ0) is 11.1. The Morgan fingerprint density at radius 1 is 1.40 bits per heavy atom. The smallest absolute Gasteiger partial charge is 0.164 e. The van der Waals surface area contributed by atoms with E-state index >= 15 is 0 Å². The Balaban J connectivity index is 1.90. The van der Waals surface area contributed by atoms with Gasteiger partial charge in [-0.15, -0.1) is 0 Å². The van der Waals surface area contributed by atoms with Gasteiger partial charge in [0.15, 0.2) is 5.78 Å². The van der Waals surface area contributed by atoms with Gasteiger partial charge in [-0.25, -0.2) is 0 Å². The fraction of sp³-hybridized carbons (Fsp3) is 0.923. The molecule has 2 fully saturated rings. The van der Waals surface area contributed by atoms with Gasteiger partial charge in [0.2, 0.25) is 0 Å². The van der Waals surface area contributed by atoms with Gasteiger partial charge in [0, 0.05) is 6.42 Å². The van der Waals surface area contributed by atoms with Crippen LogP contribution < -0.4 is 0 Å². The van der Waals surface area contributed by atoms with Crippen molar-refractivity contribution in [2.75, 3.05) is 0 Å². The number of aliphatic hydroxyl groups is 1. The number of fused-ring (bicyclic) bond motifs is 2. The molecule has 4 unspecified atom stereocenters. The van der Waals surface area contributed by atoms with Crippen molar-refractivity contribution in [1.29, 1.82) is 0 Å². The third-order valence-corrected chi connectivity index (χ3v) is 4.62. The average Bonchev–Trinajstić information content (AvgIpc) is 2.79. The van der Waals surface area contributed by atoms with E-state index in [0.29, 0.717) is 18.8 Å². The van der Waals surface area contributed by atoms with Crippen LogP contribution in [0.3, 0.4) is 0 Å². The van der Waals surface area contributed by atoms with Crippen molar-refractivity contribution >= 4 is 5.78 Å². The summed E-state index contributed by atoms with van der Waals surface area (Å²) in [5.74, 6) is 2.31. The number of hydrogen-bond donors (Lipinski definition) is 1. The van der Waals surface area contributed by atoms with Crippen molar-refractivity contribution in [3.63, 3.8) is 0 Å². The molecule has 0 aromatic rings. The van der Waals surface area contributed by atoms with Crippen molar-refractivity contribution in [2.45, 2.75) is 58.0 Å². The normalized spacial score (nSPS) is 37.9. The van der Waals surface area contributed by atoms with Crippen LogP contribution in [0.5, 0.6) is 0 Å². The molecule has 0 heterocycles. The van der Waals surface area contributed by atoms with Gasteiger partial charge < -0.3 is 5.11 Å². The molecule has 0 radical (unpaired) electrons. The van der Waals surface area contributed by atoms with Crippen molar-refractivity contribution in [2.24, 2.45) is 17.8 Å². The lowest BCUT2D eigenvalue weighted by molar-refractivity contribution is -0.137. The number of hydrogen-bond acceptors (Lipinski definition) is 2. The third kappa shape index (κ3) is 2.10. The lowest BCUT2D eigenvalue weighted by atomic mass is 9.81. The standard InChI is InChI=1S/C13H22O2/c1-3-13(2,15)12(14)8-11-7-9-4-5-10(11)6-9/h9-11,15H,3-8H2,1-2H3. The monoisotopic (exact) mass is 210 g/mol. The maximum Gasteiger partial charge on any atom is 0.164 e. The van der Waals surface area contributed by atoms with Crippen LogP contribution in [0.1, 0.15) is 52.4 Å². The summed E-state index contributed by atoms with van der Waals surface area (Å²) in [5.41, 5.74) is -1.08. The summed E-state index contributed by atoms with van der Waals surface area (Å²) >= 11 is 0. The first-order valence-corrected chi connectivity index (χ1v) is 6.28. The van der Waals surface area contributed by atoms with Gasteiger partial charge in [-0.3, -0.25) is 4.79 Å². The number of Topliss-reactive ketones (excluding diaryl/α,β-unsaturated/α-hetero) is 1. The van der Waals surface area contributed by atoms with Crippen LogP contribution >= 0.6 is 0 Å². The lowest BCUT2D eigenvalue weighted by Gasteiger charge is -2.25. The minimum atomic E-state index is -1.08. The van der Waals surface area contributed by atoms with E-state index < -0.39 is 5.60 Å². The Hall–Kier alpha value is -0.370. The van der Waals surface area contributed by atoms with Gasteiger partial charge in [0.25, 0.3) is 0 Å². The molecule has 2 bridgehead atoms. The molecule has 0 aliphatic heterocycles. The highest BCUT2D eigenvalue weighted by Gasteiger charge is 2.42. The van der Waals surface area contributed by atoms with Gasteiger partial charge in [-0.1, -0.05) is 13.3 Å². The van der Waals surface area contributed by atoms with Crippen LogP contribution in [0, 0.1) is 17.8 Å². The van der Waals surface area contributed by atoms with Crippen LogP contribution in [0.2, 0.25) is 0 Å². The van der Waals surface area contributed by atoms with Gasteiger partial charge >= 0.3 is 0 Å². The molecule has 86 valence electrons. The zero-order valence-corrected chi connectivity index (χ0v) is 9.83. The molecule has 2 nitrogen and oxygen atoms in total. The summed E-state index contributed by atoms with van der Waals surface area (Å²) in [6.45, 7) is 3.53. The molecule has 2 aliphatic carbocycles. The molecular formula is C13H22O2. The second kappa shape index (κ2) is 3.89. The third-order valence-electron chi connectivity index (χ3n) is 4.62. The number of rotatable bonds is 4. The van der Waals surface area contributed by atoms with Crippen molar-refractivity contribution < 1.29 is 9.90 Å². The van der Waals surface area contributed by atoms with Crippen molar-refractivity contribution in [1.82, 2.24) is 0 Å². The van der Waals surface area contributed by atoms with Crippen molar-refractivity contribution in [3.05, 3.63) is 0 Å². The largest absolute Gasteiger partial charge is 0.382 e. The molecule has 0 spiro atoms. The number of carbonyl (C=O) groups excluding carboxylic acids is 1. The Bertz CT molecular complexity index is 257. The Kier molecular flexibility index (Phi) is 2.89. The van der Waals surface area contributed by atoms with Gasteiger partial charge in [0.1, 0.15) is 5.60 Å². The predicted molar refractivity (Wildman–Crippen MR) is 59.5 cm³/mol. The fourth-order valence-corrected chi connectivity index (χ4v) is 3.28. The van der Waals surface area contributed by atoms with Crippen LogP contribution in [-0.4, -0.2) is 16.5 Å². The molecule has 0 saturated heterocycles. The molecule has 0 aromatic heterocycles. The summed E-state index contributed by atoms with van der Waals surface area (Å²) in [6, 6.07) is 0. The second-order valence-corrected chi connectivity index (χ2v) is 5.69. The zero-order valence-electron chi connectivity index (χ0n) is 9.83. The van der Waals surface area contributed by atoms with E-state index in [2.05, 4.69) is 0 Å². The van der Waals surface area contributed by atoms with Crippen molar-refractivity contribution in [3.8, 4) is 0 Å². The number of ketones is 1. The molecule has 2 rings (SSSR count). The van der Waals surface area contributed by atoms with Gasteiger partial charge in [0.05, 0.1) is 0 Å². The highest BCUT2D eigenvalue weighted by atomic mass is 16.3. The minimum Gasteiger partial charge on any atom is -0.382 e. The van der Waals surface area contributed by atoms with Crippen LogP contribution in [0.25, 0.3) is 0 Å². The number of carbonyl (C=O) groups is 1. The van der Waals surface area contributed by atoms with Crippen LogP contribution in [0.4, 0.5) is 0 Å². The fourth-order valence-electron chi connectivity index (χ4n) is 3.28. The summed E-state index contributed by atoms with van der Waals surface area (Å²) in [5, 5.41) is 9.87. The minimum absolute atomic E-state index is 0.0579. The van der Waals surface area contributed by atoms with E-state index in [1.54, 1.807) is 6.92 Å². The van der Waals surface area contributed by atoms with Gasteiger partial charge in [-0.05, 0) is 50.4 Å². The maximum atomic E-state index is 11.9. The quantitative estimate of drug-likeness (QED) is 0.774. The summed E-state index contributed by atoms with van der Waals surface area (Å²) in [6.07, 6.45) is 6.41. The van der Waals surface area contributed by atoms with E-state index in [-0.39, 0.29) is 5.78 Å². The molecular weight excluding hydrogens is 188 g/mol. The van der Waals surface area contributed by atoms with E-state index in [1.807, 2.05) is 6.92 Å². The predicted octanol–water partition coefficient (Wildman–Crippen LogP) is 2.54. The summed E-state index contributed by atoms with van der Waals surface area (Å²) < 4.78 is 0. The average molecular weight is 210 g/mol. The van der Waals surface area contributed by atoms with E-state index in [1.165, 1.54) is 25.7 Å². The first-order chi connectivity index (χ1) is 7.03. The topological polar surface area (TPSA) is 37.3 Å². The summed E-state index contributed by atoms with van der Waals surface area (Å²) in [4.78, 5) is 11.9. The molecule has 2 saturated carbocycles. The van der Waals surface area contributed by atoms with E-state index in [0.717, 1.165) is 11.8 Å². The molecule has 1 N–H and O–H groups in total. The second-order valence-electron chi connectivity index (χ2n) is 5.69. The van der Waals surface area contributed by atoms with Crippen LogP contribution in [0.15, 0.2) is 0 Å². The SMILES string of the molecule is CCC(C)(O)C(=O)CC1CC2CCC1C2. The molecule has 2 heteroatoms. The lowest BCUT2D eigenvalue weighted by Crippen LogP contribution is -2.36. The molecule has 0 aromatic carbocycles. The maximum absolute atomic E-state index is 11.9. The van der Waals surface area contributed by atoms with Crippen LogP contribution in [-0.2, 0) is 4.79 Å². The summed E-state index contributed by atoms with van der Waals surface area (Å²) in [7, 11) is 0. The van der Waals surface area contributed by atoms with E-state index in [4.69, 9.17) is 0 Å². The first kappa shape index (κ1) is 11.1.